The standard InChI is InChI=1S/C24H30N2O5/c1-4-30-20-9-5-18(6-10-20)15-22(24(29)25-13-14-27)26-23(28)19-7-11-21(12-8-19)31-16-17(2)3/h5-12,15,17,27H,4,13-14,16H2,1-3H3,(H,25,29)(H,26,28). The van der Waals surface area contributed by atoms with E-state index in [4.69, 9.17) is 14.6 Å². The Morgan fingerprint density at radius 1 is 1.00 bits per heavy atom. The van der Waals surface area contributed by atoms with Crippen molar-refractivity contribution in [3.8, 4) is 11.5 Å². The van der Waals surface area contributed by atoms with Crippen LogP contribution in [0.5, 0.6) is 11.5 Å². The molecule has 0 aliphatic heterocycles. The second-order valence-corrected chi connectivity index (χ2v) is 7.22. The Balaban J connectivity index is 2.16. The van der Waals surface area contributed by atoms with E-state index in [9.17, 15) is 9.59 Å². The van der Waals surface area contributed by atoms with E-state index in [1.165, 1.54) is 0 Å². The van der Waals surface area contributed by atoms with Crippen molar-refractivity contribution in [2.45, 2.75) is 20.8 Å². The van der Waals surface area contributed by atoms with E-state index in [2.05, 4.69) is 24.5 Å². The predicted molar refractivity (Wildman–Crippen MR) is 120 cm³/mol. The summed E-state index contributed by atoms with van der Waals surface area (Å²) < 4.78 is 11.1. The molecule has 166 valence electrons. The molecule has 7 nitrogen and oxygen atoms in total. The lowest BCUT2D eigenvalue weighted by molar-refractivity contribution is -0.117. The minimum atomic E-state index is -0.492. The molecule has 0 bridgehead atoms. The van der Waals surface area contributed by atoms with Crippen LogP contribution in [0.3, 0.4) is 0 Å². The van der Waals surface area contributed by atoms with Crippen molar-refractivity contribution < 1.29 is 24.2 Å². The van der Waals surface area contributed by atoms with Crippen LogP contribution in [0.15, 0.2) is 54.2 Å². The number of carbonyl (C=O) groups excluding carboxylic acids is 2. The third-order valence-electron chi connectivity index (χ3n) is 4.09. The van der Waals surface area contributed by atoms with E-state index < -0.39 is 11.8 Å². The van der Waals surface area contributed by atoms with Crippen LogP contribution < -0.4 is 20.1 Å². The van der Waals surface area contributed by atoms with E-state index in [1.807, 2.05) is 6.92 Å². The van der Waals surface area contributed by atoms with Gasteiger partial charge in [-0.25, -0.2) is 0 Å². The van der Waals surface area contributed by atoms with Crippen molar-refractivity contribution in [3.05, 3.63) is 65.4 Å². The van der Waals surface area contributed by atoms with Gasteiger partial charge in [0.1, 0.15) is 17.2 Å². The average Bonchev–Trinajstić information content (AvgIpc) is 2.77. The number of rotatable bonds is 11. The average molecular weight is 427 g/mol. The van der Waals surface area contributed by atoms with Crippen molar-refractivity contribution in [1.29, 1.82) is 0 Å². The van der Waals surface area contributed by atoms with Crippen LogP contribution in [0.4, 0.5) is 0 Å². The van der Waals surface area contributed by atoms with Crippen LogP contribution in [-0.2, 0) is 4.79 Å². The van der Waals surface area contributed by atoms with Gasteiger partial charge in [0.15, 0.2) is 0 Å². The van der Waals surface area contributed by atoms with Gasteiger partial charge in [0, 0.05) is 12.1 Å². The van der Waals surface area contributed by atoms with Crippen molar-refractivity contribution >= 4 is 17.9 Å². The summed E-state index contributed by atoms with van der Waals surface area (Å²) in [5, 5.41) is 14.2. The summed E-state index contributed by atoms with van der Waals surface area (Å²) in [5.41, 5.74) is 1.18. The second kappa shape index (κ2) is 12.4. The van der Waals surface area contributed by atoms with Crippen molar-refractivity contribution in [2.75, 3.05) is 26.4 Å². The van der Waals surface area contributed by atoms with Crippen molar-refractivity contribution in [2.24, 2.45) is 5.92 Å². The summed E-state index contributed by atoms with van der Waals surface area (Å²) in [6.07, 6.45) is 1.57. The number of hydrogen-bond donors (Lipinski definition) is 3. The molecule has 31 heavy (non-hydrogen) atoms. The molecule has 0 aliphatic carbocycles. The SMILES string of the molecule is CCOc1ccc(C=C(NC(=O)c2ccc(OCC(C)C)cc2)C(=O)NCCO)cc1. The maximum absolute atomic E-state index is 12.7. The number of aliphatic hydroxyl groups excluding tert-OH is 1. The summed E-state index contributed by atoms with van der Waals surface area (Å²) in [6, 6.07) is 13.9. The molecule has 3 N–H and O–H groups in total. The zero-order valence-electron chi connectivity index (χ0n) is 18.2. The molecular weight excluding hydrogens is 396 g/mol. The Morgan fingerprint density at radius 3 is 2.19 bits per heavy atom. The van der Waals surface area contributed by atoms with E-state index >= 15 is 0 Å². The number of amides is 2. The highest BCUT2D eigenvalue weighted by atomic mass is 16.5. The third-order valence-corrected chi connectivity index (χ3v) is 4.09. The predicted octanol–water partition coefficient (Wildman–Crippen LogP) is 3.00. The number of hydrogen-bond acceptors (Lipinski definition) is 5. The highest BCUT2D eigenvalue weighted by Crippen LogP contribution is 2.16. The fourth-order valence-corrected chi connectivity index (χ4v) is 2.58. The maximum Gasteiger partial charge on any atom is 0.267 e. The van der Waals surface area contributed by atoms with Gasteiger partial charge in [-0.2, -0.15) is 0 Å². The molecule has 7 heteroatoms. The minimum absolute atomic E-state index is 0.0720. The molecule has 0 unspecified atom stereocenters. The van der Waals surface area contributed by atoms with E-state index in [1.54, 1.807) is 54.6 Å². The minimum Gasteiger partial charge on any atom is -0.494 e. The molecule has 0 spiro atoms. The number of nitrogens with one attached hydrogen (secondary N) is 2. The van der Waals surface area contributed by atoms with Gasteiger partial charge >= 0.3 is 0 Å². The highest BCUT2D eigenvalue weighted by Gasteiger charge is 2.14. The monoisotopic (exact) mass is 426 g/mol. The molecule has 0 aromatic heterocycles. The number of carbonyl (C=O) groups is 2. The van der Waals surface area contributed by atoms with Gasteiger partial charge in [-0.05, 0) is 60.9 Å². The topological polar surface area (TPSA) is 96.9 Å². The smallest absolute Gasteiger partial charge is 0.267 e. The summed E-state index contributed by atoms with van der Waals surface area (Å²) in [5.74, 6) is 0.876. The molecule has 2 aromatic carbocycles. The van der Waals surface area contributed by atoms with Crippen LogP contribution in [0.25, 0.3) is 6.08 Å². The Hall–Kier alpha value is -3.32. The third kappa shape index (κ3) is 8.14. The molecule has 2 aromatic rings. The Morgan fingerprint density at radius 2 is 1.61 bits per heavy atom. The van der Waals surface area contributed by atoms with Crippen LogP contribution in [0, 0.1) is 5.92 Å². The second-order valence-electron chi connectivity index (χ2n) is 7.22. The Labute approximate surface area is 183 Å². The summed E-state index contributed by atoms with van der Waals surface area (Å²) in [7, 11) is 0. The van der Waals surface area contributed by atoms with E-state index in [-0.39, 0.29) is 18.8 Å². The van der Waals surface area contributed by atoms with Gasteiger partial charge in [-0.1, -0.05) is 26.0 Å². The van der Waals surface area contributed by atoms with Crippen molar-refractivity contribution in [3.63, 3.8) is 0 Å². The molecular formula is C24H30N2O5. The van der Waals surface area contributed by atoms with Gasteiger partial charge in [0.05, 0.1) is 19.8 Å². The van der Waals surface area contributed by atoms with E-state index in [0.717, 1.165) is 11.3 Å². The summed E-state index contributed by atoms with van der Waals surface area (Å²) in [6.45, 7) is 7.04. The highest BCUT2D eigenvalue weighted by molar-refractivity contribution is 6.05. The van der Waals surface area contributed by atoms with Crippen LogP contribution in [0.1, 0.15) is 36.7 Å². The summed E-state index contributed by atoms with van der Waals surface area (Å²) >= 11 is 0. The molecule has 0 aliphatic rings. The fourth-order valence-electron chi connectivity index (χ4n) is 2.58. The van der Waals surface area contributed by atoms with Crippen LogP contribution in [0.2, 0.25) is 0 Å². The zero-order valence-corrected chi connectivity index (χ0v) is 18.2. The molecule has 0 saturated heterocycles. The van der Waals surface area contributed by atoms with Crippen LogP contribution in [-0.4, -0.2) is 43.3 Å². The fraction of sp³-hybridized carbons (Fsp3) is 0.333. The maximum atomic E-state index is 12.7. The van der Waals surface area contributed by atoms with Gasteiger partial charge in [-0.3, -0.25) is 9.59 Å². The first-order valence-electron chi connectivity index (χ1n) is 10.3. The number of ether oxygens (including phenoxy) is 2. The summed E-state index contributed by atoms with van der Waals surface area (Å²) in [4.78, 5) is 25.2. The van der Waals surface area contributed by atoms with Crippen LogP contribution >= 0.6 is 0 Å². The normalized spacial score (nSPS) is 11.2. The first-order chi connectivity index (χ1) is 14.9. The van der Waals surface area contributed by atoms with Crippen molar-refractivity contribution in [1.82, 2.24) is 10.6 Å². The lowest BCUT2D eigenvalue weighted by atomic mass is 10.1. The first kappa shape index (κ1) is 24.0. The van der Waals surface area contributed by atoms with Gasteiger partial charge in [0.2, 0.25) is 0 Å². The zero-order chi connectivity index (χ0) is 22.6. The van der Waals surface area contributed by atoms with Gasteiger partial charge < -0.3 is 25.2 Å². The lowest BCUT2D eigenvalue weighted by Crippen LogP contribution is -2.36. The molecule has 2 amide bonds. The largest absolute Gasteiger partial charge is 0.494 e. The molecule has 0 atom stereocenters. The molecule has 2 rings (SSSR count). The van der Waals surface area contributed by atoms with Gasteiger partial charge in [-0.15, -0.1) is 0 Å². The molecule has 0 heterocycles. The number of aliphatic hydroxyl groups is 1. The van der Waals surface area contributed by atoms with E-state index in [0.29, 0.717) is 30.4 Å². The quantitative estimate of drug-likeness (QED) is 0.480. The molecule has 0 saturated carbocycles. The molecule has 0 radical (unpaired) electrons. The Bertz CT molecular complexity index is 874. The number of benzene rings is 2. The molecule has 0 fully saturated rings. The Kier molecular flexibility index (Phi) is 9.58. The first-order valence-corrected chi connectivity index (χ1v) is 10.3. The van der Waals surface area contributed by atoms with Gasteiger partial charge in [0.25, 0.3) is 11.8 Å². The lowest BCUT2D eigenvalue weighted by Gasteiger charge is -2.12.